The van der Waals surface area contributed by atoms with E-state index in [1.54, 1.807) is 0 Å². The first-order valence-electron chi connectivity index (χ1n) is 5.86. The molecule has 0 radical (unpaired) electrons. The molecule has 1 unspecified atom stereocenters. The summed E-state index contributed by atoms with van der Waals surface area (Å²) in [4.78, 5) is 0. The number of nitrogens with one attached hydrogen (secondary N) is 1. The van der Waals surface area contributed by atoms with E-state index in [1.165, 1.54) is 17.0 Å². The van der Waals surface area contributed by atoms with Crippen molar-refractivity contribution in [1.29, 1.82) is 0 Å². The molecule has 15 heavy (non-hydrogen) atoms. The Kier molecular flexibility index (Phi) is 4.33. The highest BCUT2D eigenvalue weighted by atomic mass is 15.3. The van der Waals surface area contributed by atoms with Crippen molar-refractivity contribution in [3.8, 4) is 0 Å². The van der Waals surface area contributed by atoms with E-state index in [-0.39, 0.29) is 0 Å². The second kappa shape index (κ2) is 5.31. The molecule has 0 amide bonds. The summed E-state index contributed by atoms with van der Waals surface area (Å²) in [5.41, 5.74) is 3.87. The molecule has 0 bridgehead atoms. The molecular weight excluding hydrogens is 186 g/mol. The van der Waals surface area contributed by atoms with Crippen molar-refractivity contribution in [2.24, 2.45) is 0 Å². The first-order chi connectivity index (χ1) is 7.15. The molecule has 1 aromatic rings. The molecule has 0 aliphatic carbocycles. The van der Waals surface area contributed by atoms with Gasteiger partial charge in [0.05, 0.1) is 5.69 Å². The summed E-state index contributed by atoms with van der Waals surface area (Å²) in [5, 5.41) is 7.95. The summed E-state index contributed by atoms with van der Waals surface area (Å²) in [6, 6.07) is 0.440. The van der Waals surface area contributed by atoms with E-state index in [9.17, 15) is 0 Å². The summed E-state index contributed by atoms with van der Waals surface area (Å²) in [6.07, 6.45) is 2.24. The maximum atomic E-state index is 4.59. The Balaban J connectivity index is 3.06. The van der Waals surface area contributed by atoms with Gasteiger partial charge in [0.2, 0.25) is 0 Å². The second-order valence-electron chi connectivity index (χ2n) is 4.06. The lowest BCUT2D eigenvalue weighted by Crippen LogP contribution is -2.17. The molecule has 0 aliphatic heterocycles. The lowest BCUT2D eigenvalue weighted by atomic mass is 10.0. The average molecular weight is 209 g/mol. The van der Waals surface area contributed by atoms with Gasteiger partial charge in [0.15, 0.2) is 0 Å². The predicted molar refractivity (Wildman–Crippen MR) is 64.1 cm³/mol. The van der Waals surface area contributed by atoms with Gasteiger partial charge in [-0.1, -0.05) is 13.8 Å². The van der Waals surface area contributed by atoms with Crippen LogP contribution < -0.4 is 5.32 Å². The topological polar surface area (TPSA) is 29.9 Å². The first kappa shape index (κ1) is 12.2. The van der Waals surface area contributed by atoms with Crippen molar-refractivity contribution in [3.63, 3.8) is 0 Å². The number of hydrogen-bond acceptors (Lipinski definition) is 2. The Morgan fingerprint density at radius 1 is 1.33 bits per heavy atom. The maximum Gasteiger partial charge on any atom is 0.0644 e. The molecule has 86 valence electrons. The third-order valence-electron chi connectivity index (χ3n) is 2.98. The summed E-state index contributed by atoms with van der Waals surface area (Å²) >= 11 is 0. The molecule has 1 heterocycles. The van der Waals surface area contributed by atoms with Crippen LogP contribution in [0, 0.1) is 13.8 Å². The Hall–Kier alpha value is -0.830. The lowest BCUT2D eigenvalue weighted by molar-refractivity contribution is 0.559. The number of rotatable bonds is 5. The fourth-order valence-electron chi connectivity index (χ4n) is 2.20. The van der Waals surface area contributed by atoms with Crippen LogP contribution in [0.5, 0.6) is 0 Å². The molecular formula is C12H23N3. The number of hydrogen-bond donors (Lipinski definition) is 1. The van der Waals surface area contributed by atoms with E-state index >= 15 is 0 Å². The zero-order valence-corrected chi connectivity index (χ0v) is 10.6. The van der Waals surface area contributed by atoms with Crippen LogP contribution in [0.25, 0.3) is 0 Å². The first-order valence-corrected chi connectivity index (χ1v) is 5.86. The fourth-order valence-corrected chi connectivity index (χ4v) is 2.20. The monoisotopic (exact) mass is 209 g/mol. The van der Waals surface area contributed by atoms with E-state index < -0.39 is 0 Å². The summed E-state index contributed by atoms with van der Waals surface area (Å²) in [7, 11) is 2.02. The minimum Gasteiger partial charge on any atom is -0.313 e. The van der Waals surface area contributed by atoms with Gasteiger partial charge in [0, 0.05) is 23.8 Å². The second-order valence-corrected chi connectivity index (χ2v) is 4.06. The predicted octanol–water partition coefficient (Wildman–Crippen LogP) is 2.58. The van der Waals surface area contributed by atoms with Crippen molar-refractivity contribution in [3.05, 3.63) is 17.0 Å². The van der Waals surface area contributed by atoms with Gasteiger partial charge in [-0.15, -0.1) is 0 Å². The van der Waals surface area contributed by atoms with Crippen molar-refractivity contribution >= 4 is 0 Å². The molecule has 0 fully saturated rings. The highest BCUT2D eigenvalue weighted by molar-refractivity contribution is 5.28. The molecule has 0 saturated heterocycles. The van der Waals surface area contributed by atoms with Gasteiger partial charge in [0.25, 0.3) is 0 Å². The lowest BCUT2D eigenvalue weighted by Gasteiger charge is -2.14. The van der Waals surface area contributed by atoms with Gasteiger partial charge in [-0.05, 0) is 33.7 Å². The van der Waals surface area contributed by atoms with Crippen LogP contribution in [0.4, 0.5) is 0 Å². The maximum absolute atomic E-state index is 4.59. The van der Waals surface area contributed by atoms with Crippen molar-refractivity contribution in [1.82, 2.24) is 15.1 Å². The normalized spacial score (nSPS) is 13.1. The van der Waals surface area contributed by atoms with Gasteiger partial charge >= 0.3 is 0 Å². The smallest absolute Gasteiger partial charge is 0.0644 e. The van der Waals surface area contributed by atoms with Crippen molar-refractivity contribution in [2.45, 2.75) is 53.1 Å². The Labute approximate surface area is 92.9 Å². The molecule has 3 heteroatoms. The SMILES string of the molecule is CCCn1nc(C)c(C(CC)NC)c1C. The highest BCUT2D eigenvalue weighted by Gasteiger charge is 2.17. The molecule has 1 N–H and O–H groups in total. The number of nitrogens with zero attached hydrogens (tertiary/aromatic N) is 2. The minimum atomic E-state index is 0.440. The molecule has 3 nitrogen and oxygen atoms in total. The van der Waals surface area contributed by atoms with Crippen LogP contribution in [-0.2, 0) is 6.54 Å². The van der Waals surface area contributed by atoms with Gasteiger partial charge in [-0.2, -0.15) is 5.10 Å². The van der Waals surface area contributed by atoms with Crippen LogP contribution >= 0.6 is 0 Å². The van der Waals surface area contributed by atoms with E-state index in [4.69, 9.17) is 0 Å². The largest absolute Gasteiger partial charge is 0.313 e. The summed E-state index contributed by atoms with van der Waals surface area (Å²) < 4.78 is 2.13. The molecule has 0 aliphatic rings. The number of aryl methyl sites for hydroxylation is 2. The zero-order valence-electron chi connectivity index (χ0n) is 10.6. The molecule has 0 spiro atoms. The van der Waals surface area contributed by atoms with E-state index in [0.717, 1.165) is 19.4 Å². The van der Waals surface area contributed by atoms with Gasteiger partial charge in [-0.25, -0.2) is 0 Å². The van der Waals surface area contributed by atoms with Crippen LogP contribution in [0.1, 0.15) is 49.7 Å². The van der Waals surface area contributed by atoms with Crippen LogP contribution in [0.2, 0.25) is 0 Å². The van der Waals surface area contributed by atoms with Crippen LogP contribution in [0.3, 0.4) is 0 Å². The standard InChI is InChI=1S/C12H23N3/c1-6-8-15-10(4)12(9(3)14-15)11(7-2)13-5/h11,13H,6-8H2,1-5H3. The van der Waals surface area contributed by atoms with Crippen molar-refractivity contribution < 1.29 is 0 Å². The Bertz CT molecular complexity index is 311. The van der Waals surface area contributed by atoms with Crippen molar-refractivity contribution in [2.75, 3.05) is 7.05 Å². The third kappa shape index (κ3) is 2.40. The van der Waals surface area contributed by atoms with E-state index in [2.05, 4.69) is 42.8 Å². The summed E-state index contributed by atoms with van der Waals surface area (Å²) in [6.45, 7) is 9.69. The Morgan fingerprint density at radius 3 is 2.47 bits per heavy atom. The molecule has 0 aromatic carbocycles. The minimum absolute atomic E-state index is 0.440. The third-order valence-corrected chi connectivity index (χ3v) is 2.98. The zero-order chi connectivity index (χ0) is 11.4. The van der Waals surface area contributed by atoms with E-state index in [0.29, 0.717) is 6.04 Å². The quantitative estimate of drug-likeness (QED) is 0.807. The molecule has 1 atom stereocenters. The van der Waals surface area contributed by atoms with E-state index in [1.807, 2.05) is 7.05 Å². The number of aromatic nitrogens is 2. The van der Waals surface area contributed by atoms with Crippen LogP contribution in [0.15, 0.2) is 0 Å². The summed E-state index contributed by atoms with van der Waals surface area (Å²) in [5.74, 6) is 0. The van der Waals surface area contributed by atoms with Gasteiger partial charge < -0.3 is 5.32 Å². The van der Waals surface area contributed by atoms with Crippen LogP contribution in [-0.4, -0.2) is 16.8 Å². The van der Waals surface area contributed by atoms with Gasteiger partial charge in [-0.3, -0.25) is 4.68 Å². The fraction of sp³-hybridized carbons (Fsp3) is 0.750. The Morgan fingerprint density at radius 2 is 2.00 bits per heavy atom. The molecule has 1 rings (SSSR count). The molecule has 0 saturated carbocycles. The average Bonchev–Trinajstić information content (AvgIpc) is 2.48. The highest BCUT2D eigenvalue weighted by Crippen LogP contribution is 2.23. The molecule has 1 aromatic heterocycles. The van der Waals surface area contributed by atoms with Gasteiger partial charge in [0.1, 0.15) is 0 Å².